The second-order valence-electron chi connectivity index (χ2n) is 4.16. The molecule has 0 fully saturated rings. The summed E-state index contributed by atoms with van der Waals surface area (Å²) in [6.07, 6.45) is -4.79. The number of ether oxygens (including phenoxy) is 2. The molecule has 3 nitrogen and oxygen atoms in total. The van der Waals surface area contributed by atoms with Gasteiger partial charge < -0.3 is 15.2 Å². The van der Waals surface area contributed by atoms with Gasteiger partial charge in [0.05, 0.1) is 12.2 Å². The third-order valence-electron chi connectivity index (χ3n) is 2.46. The number of halogens is 3. The Kier molecular flexibility index (Phi) is 5.76. The van der Waals surface area contributed by atoms with Crippen LogP contribution in [0.15, 0.2) is 18.2 Å². The molecule has 7 heteroatoms. The Bertz CT molecular complexity index is 477. The average Bonchev–Trinajstić information content (AvgIpc) is 2.34. The number of benzene rings is 1. The van der Waals surface area contributed by atoms with Crippen LogP contribution in [0.1, 0.15) is 25.0 Å². The van der Waals surface area contributed by atoms with Gasteiger partial charge in [-0.2, -0.15) is 13.2 Å². The molecule has 0 saturated heterocycles. The van der Waals surface area contributed by atoms with Gasteiger partial charge in [0.2, 0.25) is 0 Å². The minimum absolute atomic E-state index is 0.242. The first-order valence-corrected chi connectivity index (χ1v) is 6.42. The molecule has 0 aliphatic rings. The molecular formula is C13H16F3NO2S. The van der Waals surface area contributed by atoms with E-state index in [2.05, 4.69) is 12.2 Å². The second kappa shape index (κ2) is 6.90. The van der Waals surface area contributed by atoms with Crippen LogP contribution in [0.3, 0.4) is 0 Å². The third kappa shape index (κ3) is 4.64. The Morgan fingerprint density at radius 2 is 2.05 bits per heavy atom. The number of hydrogen-bond donors (Lipinski definition) is 1. The number of rotatable bonds is 6. The highest BCUT2D eigenvalue weighted by Gasteiger charge is 2.34. The molecule has 0 bridgehead atoms. The summed E-state index contributed by atoms with van der Waals surface area (Å²) in [6, 6.07) is 3.36. The Labute approximate surface area is 120 Å². The van der Waals surface area contributed by atoms with Crippen molar-refractivity contribution in [2.24, 2.45) is 5.73 Å². The maximum atomic E-state index is 12.8. The molecule has 1 atom stereocenters. The third-order valence-corrected chi connectivity index (χ3v) is 2.68. The van der Waals surface area contributed by atoms with Gasteiger partial charge in [0.1, 0.15) is 16.8 Å². The van der Waals surface area contributed by atoms with Gasteiger partial charge in [0.25, 0.3) is 0 Å². The summed E-state index contributed by atoms with van der Waals surface area (Å²) in [5, 5.41) is 0. The van der Waals surface area contributed by atoms with E-state index in [0.29, 0.717) is 13.2 Å². The maximum Gasteiger partial charge on any atom is 0.417 e. The van der Waals surface area contributed by atoms with Gasteiger partial charge in [0.15, 0.2) is 0 Å². The Hall–Kier alpha value is -1.34. The fraction of sp³-hybridized carbons (Fsp3) is 0.462. The largest absolute Gasteiger partial charge is 0.488 e. The summed E-state index contributed by atoms with van der Waals surface area (Å²) in [7, 11) is 0. The lowest BCUT2D eigenvalue weighted by molar-refractivity contribution is -0.137. The van der Waals surface area contributed by atoms with Crippen molar-refractivity contribution in [3.05, 3.63) is 29.3 Å². The van der Waals surface area contributed by atoms with Crippen molar-refractivity contribution >= 4 is 17.2 Å². The molecule has 2 N–H and O–H groups in total. The molecule has 0 spiro atoms. The first-order chi connectivity index (χ1) is 9.25. The van der Waals surface area contributed by atoms with Crippen molar-refractivity contribution in [1.82, 2.24) is 0 Å². The van der Waals surface area contributed by atoms with Crippen LogP contribution in [0.25, 0.3) is 0 Å². The van der Waals surface area contributed by atoms with Gasteiger partial charge in [-0.3, -0.25) is 0 Å². The van der Waals surface area contributed by atoms with E-state index in [1.54, 1.807) is 6.92 Å². The van der Waals surface area contributed by atoms with E-state index in [1.165, 1.54) is 12.1 Å². The molecule has 0 aliphatic heterocycles. The van der Waals surface area contributed by atoms with Crippen LogP contribution in [0.2, 0.25) is 0 Å². The quantitative estimate of drug-likeness (QED) is 0.820. The number of nitrogens with two attached hydrogens (primary N) is 1. The lowest BCUT2D eigenvalue weighted by atomic mass is 10.1. The summed E-state index contributed by atoms with van der Waals surface area (Å²) in [4.78, 5) is -0.319. The fourth-order valence-electron chi connectivity index (χ4n) is 1.60. The highest BCUT2D eigenvalue weighted by atomic mass is 32.1. The van der Waals surface area contributed by atoms with E-state index in [9.17, 15) is 13.2 Å². The van der Waals surface area contributed by atoms with Crippen LogP contribution in [-0.4, -0.2) is 24.3 Å². The summed E-state index contributed by atoms with van der Waals surface area (Å²) < 4.78 is 49.0. The van der Waals surface area contributed by atoms with Crippen molar-refractivity contribution in [1.29, 1.82) is 0 Å². The van der Waals surface area contributed by atoms with E-state index in [4.69, 9.17) is 15.2 Å². The van der Waals surface area contributed by atoms with Gasteiger partial charge in [0, 0.05) is 12.2 Å². The zero-order valence-corrected chi connectivity index (χ0v) is 12.0. The van der Waals surface area contributed by atoms with Gasteiger partial charge >= 0.3 is 6.18 Å². The Balaban J connectivity index is 2.96. The topological polar surface area (TPSA) is 44.5 Å². The minimum atomic E-state index is -4.51. The van der Waals surface area contributed by atoms with E-state index in [0.717, 1.165) is 6.07 Å². The first-order valence-electron chi connectivity index (χ1n) is 6.01. The van der Waals surface area contributed by atoms with Gasteiger partial charge in [-0.05, 0) is 32.0 Å². The van der Waals surface area contributed by atoms with Gasteiger partial charge in [-0.15, -0.1) is 0 Å². The number of hydrogen-bond acceptors (Lipinski definition) is 3. The second-order valence-corrected chi connectivity index (χ2v) is 4.60. The highest BCUT2D eigenvalue weighted by Crippen LogP contribution is 2.34. The molecular weight excluding hydrogens is 291 g/mol. The zero-order chi connectivity index (χ0) is 15.3. The number of thiocarbonyl (C=S) groups is 1. The molecule has 20 heavy (non-hydrogen) atoms. The van der Waals surface area contributed by atoms with Crippen molar-refractivity contribution in [2.45, 2.75) is 26.1 Å². The molecule has 0 aliphatic carbocycles. The van der Waals surface area contributed by atoms with E-state index in [1.807, 2.05) is 6.92 Å². The molecule has 0 radical (unpaired) electrons. The summed E-state index contributed by atoms with van der Waals surface area (Å²) >= 11 is 4.66. The molecule has 1 unspecified atom stereocenters. The molecule has 0 aromatic heterocycles. The standard InChI is InChI=1S/C13H16F3NO2S/c1-3-18-7-8(2)19-9-4-5-11(13(14,15)16)10(6-9)12(17)20/h4-6,8H,3,7H2,1-2H3,(H2,17,20). The lowest BCUT2D eigenvalue weighted by Gasteiger charge is -2.17. The monoisotopic (exact) mass is 307 g/mol. The van der Waals surface area contributed by atoms with Crippen molar-refractivity contribution < 1.29 is 22.6 Å². The molecule has 1 rings (SSSR count). The van der Waals surface area contributed by atoms with Crippen molar-refractivity contribution in [3.63, 3.8) is 0 Å². The van der Waals surface area contributed by atoms with Crippen molar-refractivity contribution in [2.75, 3.05) is 13.2 Å². The summed E-state index contributed by atoms with van der Waals surface area (Å²) in [5.41, 5.74) is 4.23. The molecule has 112 valence electrons. The predicted octanol–water partition coefficient (Wildman–Crippen LogP) is 3.14. The smallest absolute Gasteiger partial charge is 0.417 e. The van der Waals surface area contributed by atoms with E-state index in [-0.39, 0.29) is 22.4 Å². The van der Waals surface area contributed by atoms with Crippen LogP contribution < -0.4 is 10.5 Å². The molecule has 0 saturated carbocycles. The Morgan fingerprint density at radius 1 is 1.40 bits per heavy atom. The lowest BCUT2D eigenvalue weighted by Crippen LogP contribution is -2.21. The fourth-order valence-corrected chi connectivity index (χ4v) is 1.77. The molecule has 0 amide bonds. The van der Waals surface area contributed by atoms with Gasteiger partial charge in [-0.25, -0.2) is 0 Å². The predicted molar refractivity (Wildman–Crippen MR) is 73.9 cm³/mol. The van der Waals surface area contributed by atoms with Gasteiger partial charge in [-0.1, -0.05) is 12.2 Å². The number of alkyl halides is 3. The SMILES string of the molecule is CCOCC(C)Oc1ccc(C(F)(F)F)c(C(N)=S)c1. The normalized spacial score (nSPS) is 13.1. The summed E-state index contributed by atoms with van der Waals surface area (Å²) in [5.74, 6) is 0.271. The first kappa shape index (κ1) is 16.7. The molecule has 0 heterocycles. The zero-order valence-electron chi connectivity index (χ0n) is 11.2. The highest BCUT2D eigenvalue weighted by molar-refractivity contribution is 7.80. The molecule has 1 aromatic carbocycles. The van der Waals surface area contributed by atoms with Crippen molar-refractivity contribution in [3.8, 4) is 5.75 Å². The average molecular weight is 307 g/mol. The van der Waals surface area contributed by atoms with Crippen LogP contribution >= 0.6 is 12.2 Å². The maximum absolute atomic E-state index is 12.8. The molecule has 1 aromatic rings. The van der Waals surface area contributed by atoms with E-state index >= 15 is 0 Å². The van der Waals surface area contributed by atoms with Crippen LogP contribution in [-0.2, 0) is 10.9 Å². The minimum Gasteiger partial charge on any atom is -0.488 e. The van der Waals surface area contributed by atoms with Crippen LogP contribution in [0, 0.1) is 0 Å². The summed E-state index contributed by atoms with van der Waals surface area (Å²) in [6.45, 7) is 4.49. The van der Waals surface area contributed by atoms with E-state index < -0.39 is 11.7 Å². The van der Waals surface area contributed by atoms with Crippen LogP contribution in [0.5, 0.6) is 5.75 Å². The Morgan fingerprint density at radius 3 is 2.55 bits per heavy atom. The van der Waals surface area contributed by atoms with Crippen LogP contribution in [0.4, 0.5) is 13.2 Å².